The number of carboxylic acid groups (broad SMARTS) is 1. The third-order valence-electron chi connectivity index (χ3n) is 8.17. The summed E-state index contributed by atoms with van der Waals surface area (Å²) in [5.74, 6) is -11.2. The Morgan fingerprint density at radius 2 is 1.60 bits per heavy atom. The quantitative estimate of drug-likeness (QED) is 0.155. The lowest BCUT2D eigenvalue weighted by atomic mass is 9.55. The van der Waals surface area contributed by atoms with Crippen molar-refractivity contribution in [2.45, 2.75) is 22.6 Å². The van der Waals surface area contributed by atoms with Gasteiger partial charge in [-0.1, -0.05) is 18.2 Å². The highest BCUT2D eigenvalue weighted by Gasteiger charge is 2.68. The fourth-order valence-electron chi connectivity index (χ4n) is 6.11. The number of nitrogens with zero attached hydrogens (tertiary/aromatic N) is 1. The minimum absolute atomic E-state index is 0.0516. The van der Waals surface area contributed by atoms with Gasteiger partial charge >= 0.3 is 5.97 Å². The summed E-state index contributed by atoms with van der Waals surface area (Å²) in [6, 6.07) is 3.53. The van der Waals surface area contributed by atoms with E-state index in [1.807, 2.05) is 0 Å². The van der Waals surface area contributed by atoms with Gasteiger partial charge in [0, 0.05) is 16.5 Å². The van der Waals surface area contributed by atoms with Gasteiger partial charge in [0.25, 0.3) is 16.0 Å². The summed E-state index contributed by atoms with van der Waals surface area (Å²) in [5.41, 5.74) is 0.0510. The van der Waals surface area contributed by atoms with Crippen LogP contribution in [0.5, 0.6) is 11.5 Å². The van der Waals surface area contributed by atoms with Crippen molar-refractivity contribution in [3.8, 4) is 11.5 Å². The lowest BCUT2D eigenvalue weighted by Crippen LogP contribution is -2.70. The molecule has 0 radical (unpaired) electrons. The van der Waals surface area contributed by atoms with Crippen LogP contribution in [-0.2, 0) is 24.5 Å². The number of hydrogen-bond acceptors (Lipinski definition) is 13. The second kappa shape index (κ2) is 11.8. The molecule has 250 valence electrons. The molecule has 0 bridgehead atoms. The van der Waals surface area contributed by atoms with E-state index < -0.39 is 108 Å². The Hall–Kier alpha value is -4.78. The second-order valence-electron chi connectivity index (χ2n) is 11.0. The highest BCUT2D eigenvalue weighted by atomic mass is 35.5. The smallest absolute Gasteiger partial charge is 0.339 e. The maximum atomic E-state index is 13.7. The molecule has 5 rings (SSSR count). The average Bonchev–Trinajstić information content (AvgIpc) is 2.95. The number of carbonyl (C=O) groups is 4. The van der Waals surface area contributed by atoms with Crippen molar-refractivity contribution in [2.24, 2.45) is 17.6 Å². The van der Waals surface area contributed by atoms with E-state index in [0.29, 0.717) is 6.07 Å². The third-order valence-corrected chi connectivity index (χ3v) is 9.33. The van der Waals surface area contributed by atoms with E-state index >= 15 is 0 Å². The van der Waals surface area contributed by atoms with Crippen LogP contribution in [0, 0.1) is 11.8 Å². The molecule has 16 nitrogen and oxygen atoms in total. The van der Waals surface area contributed by atoms with Crippen molar-refractivity contribution >= 4 is 56.5 Å². The van der Waals surface area contributed by atoms with E-state index in [1.165, 1.54) is 31.1 Å². The molecule has 1 fully saturated rings. The van der Waals surface area contributed by atoms with Crippen molar-refractivity contribution < 1.29 is 67.9 Å². The Balaban J connectivity index is 0.000000300. The number of benzene rings is 2. The maximum absolute atomic E-state index is 13.7. The van der Waals surface area contributed by atoms with E-state index in [1.54, 1.807) is 0 Å². The fraction of sp³-hybridized carbons (Fsp3) is 0.241. The van der Waals surface area contributed by atoms with E-state index in [2.05, 4.69) is 6.58 Å². The molecule has 2 aromatic rings. The number of aromatic hydroxyl groups is 2. The van der Waals surface area contributed by atoms with Crippen LogP contribution in [0.4, 0.5) is 0 Å². The van der Waals surface area contributed by atoms with Crippen molar-refractivity contribution in [1.29, 1.82) is 0 Å². The number of phenolic OH excluding ortho intramolecular Hbond substituents is 1. The van der Waals surface area contributed by atoms with Crippen LogP contribution in [0.15, 0.2) is 58.7 Å². The highest BCUT2D eigenvalue weighted by molar-refractivity contribution is 7.85. The molecule has 0 saturated heterocycles. The van der Waals surface area contributed by atoms with Crippen molar-refractivity contribution in [1.82, 2.24) is 4.90 Å². The Kier molecular flexibility index (Phi) is 8.80. The maximum Gasteiger partial charge on any atom is 0.339 e. The summed E-state index contributed by atoms with van der Waals surface area (Å²) >= 11 is 6.25. The van der Waals surface area contributed by atoms with Gasteiger partial charge in [-0.2, -0.15) is 8.42 Å². The van der Waals surface area contributed by atoms with Crippen LogP contribution in [-0.4, -0.2) is 109 Å². The van der Waals surface area contributed by atoms with Crippen LogP contribution in [0.1, 0.15) is 21.5 Å². The number of primary amides is 1. The van der Waals surface area contributed by atoms with Crippen LogP contribution in [0.2, 0.25) is 5.02 Å². The van der Waals surface area contributed by atoms with Gasteiger partial charge in [0.1, 0.15) is 34.2 Å². The summed E-state index contributed by atoms with van der Waals surface area (Å²) in [4.78, 5) is 49.8. The zero-order valence-electron chi connectivity index (χ0n) is 24.2. The number of aromatic carboxylic acids is 1. The third kappa shape index (κ3) is 5.32. The summed E-state index contributed by atoms with van der Waals surface area (Å²) in [6.07, 6.45) is -1.75. The molecule has 1 unspecified atom stereocenters. The van der Waals surface area contributed by atoms with Gasteiger partial charge in [-0.05, 0) is 50.0 Å². The number of phenols is 2. The van der Waals surface area contributed by atoms with E-state index in [9.17, 15) is 53.1 Å². The summed E-state index contributed by atoms with van der Waals surface area (Å²) in [6.45, 7) is 3.89. The summed E-state index contributed by atoms with van der Waals surface area (Å²) in [5, 5.41) is 72.5. The molecular weight excluding hydrogens is 668 g/mol. The average molecular weight is 695 g/mol. The second-order valence-corrected chi connectivity index (χ2v) is 12.8. The number of likely N-dealkylation sites (N-methyl/N-ethyl adjacent to an activating group) is 1. The summed E-state index contributed by atoms with van der Waals surface area (Å²) < 4.78 is 29.8. The molecule has 5 atom stereocenters. The normalized spacial score (nSPS) is 25.5. The first-order chi connectivity index (χ1) is 21.6. The number of carboxylic acids is 1. The predicted molar refractivity (Wildman–Crippen MR) is 161 cm³/mol. The van der Waals surface area contributed by atoms with Crippen molar-refractivity contribution in [3.05, 3.63) is 75.5 Å². The van der Waals surface area contributed by atoms with Gasteiger partial charge < -0.3 is 41.5 Å². The zero-order chi connectivity index (χ0) is 35.7. The molecule has 3 aliphatic rings. The van der Waals surface area contributed by atoms with Crippen LogP contribution in [0.3, 0.4) is 0 Å². The Morgan fingerprint density at radius 1 is 1.02 bits per heavy atom. The topological polar surface area (TPSA) is 294 Å². The molecule has 2 aromatic carbocycles. The first-order valence-electron chi connectivity index (χ1n) is 13.2. The number of Topliss-reactive ketones (excluding diaryl/α,β-unsaturated/α-hetero) is 2. The van der Waals surface area contributed by atoms with Crippen LogP contribution < -0.4 is 5.73 Å². The molecule has 3 aliphatic carbocycles. The molecule has 0 aliphatic heterocycles. The lowest BCUT2D eigenvalue weighted by Gasteiger charge is -2.52. The molecule has 0 heterocycles. The molecule has 0 aromatic heterocycles. The number of rotatable bonds is 4. The van der Waals surface area contributed by atoms with E-state index in [-0.39, 0.29) is 21.7 Å². The summed E-state index contributed by atoms with van der Waals surface area (Å²) in [7, 11) is -1.61. The van der Waals surface area contributed by atoms with Gasteiger partial charge in [0.2, 0.25) is 5.78 Å². The van der Waals surface area contributed by atoms with Gasteiger partial charge in [-0.3, -0.25) is 23.8 Å². The highest BCUT2D eigenvalue weighted by Crippen LogP contribution is 2.56. The number of aliphatic hydroxyl groups excluding tert-OH is 3. The number of aliphatic hydroxyl groups is 4. The zero-order valence-corrected chi connectivity index (χ0v) is 25.8. The van der Waals surface area contributed by atoms with Gasteiger partial charge in [0.05, 0.1) is 34.1 Å². The number of fused-ring (bicyclic) bond motifs is 3. The first-order valence-corrected chi connectivity index (χ1v) is 15.0. The molecule has 10 N–H and O–H groups in total. The Bertz CT molecular complexity index is 1970. The van der Waals surface area contributed by atoms with Gasteiger partial charge in [-0.15, -0.1) is 0 Å². The van der Waals surface area contributed by atoms with Crippen LogP contribution >= 0.6 is 11.6 Å². The monoisotopic (exact) mass is 694 g/mol. The number of amides is 1. The largest absolute Gasteiger partial charge is 0.508 e. The minimum atomic E-state index is -4.45. The first kappa shape index (κ1) is 35.1. The minimum Gasteiger partial charge on any atom is -0.508 e. The van der Waals surface area contributed by atoms with Gasteiger partial charge in [0.15, 0.2) is 11.4 Å². The number of nitrogens with two attached hydrogens (primary N) is 1. The number of ketones is 2. The van der Waals surface area contributed by atoms with E-state index in [4.69, 9.17) is 32.1 Å². The standard InChI is InChI=1S/C22H21ClN2O8.C7H6O6S/c1-6-9-7(23)4-5-8(26)11(9)16(27)12-10(6)17(28)14-15(25(2)3)18(29)13(21(24)32)20(31)22(14,33)19(12)30;8-6-2-1-4(14(11,12)13)3-5(6)7(9)10/h4-5,10,14-15,17,26-28,31,33H,1H2,2-3H3,(H2,24,32);1-3,8H,(H,9,10)(H,11,12,13)/t10?,14-,15+,17+,22+;/m1./s1. The molecule has 1 amide bonds. The molecule has 47 heavy (non-hydrogen) atoms. The van der Waals surface area contributed by atoms with Crippen molar-refractivity contribution in [2.75, 3.05) is 14.1 Å². The fourth-order valence-corrected chi connectivity index (χ4v) is 6.89. The SMILES string of the molecule is C=C1c2c(Cl)ccc(O)c2C(O)=C2C(=O)[C@]3(O)C(O)=C(C(N)=O)C(=O)[C@@H](N(C)C)[C@@H]3[C@@H](O)C12.O=C(O)c1cc(S(=O)(=O)O)ccc1O. The Labute approximate surface area is 270 Å². The molecule has 0 spiro atoms. The predicted octanol–water partition coefficient (Wildman–Crippen LogP) is 0.396. The Morgan fingerprint density at radius 3 is 2.11 bits per heavy atom. The van der Waals surface area contributed by atoms with Gasteiger partial charge in [-0.25, -0.2) is 4.79 Å². The van der Waals surface area contributed by atoms with E-state index in [0.717, 1.165) is 12.1 Å². The lowest BCUT2D eigenvalue weighted by molar-refractivity contribution is -0.166. The number of carbonyl (C=O) groups excluding carboxylic acids is 3. The molecule has 18 heteroatoms. The van der Waals surface area contributed by atoms with Crippen molar-refractivity contribution in [3.63, 3.8) is 0 Å². The molecular formula is C29H27ClN2O14S. The number of halogens is 1. The number of hydrogen-bond donors (Lipinski definition) is 9. The molecule has 1 saturated carbocycles. The van der Waals surface area contributed by atoms with Crippen LogP contribution in [0.25, 0.3) is 11.3 Å².